The number of rotatable bonds is 0. The van der Waals surface area contributed by atoms with Crippen LogP contribution in [0, 0.1) is 18.8 Å². The van der Waals surface area contributed by atoms with Crippen LogP contribution in [0.15, 0.2) is 0 Å². The first-order chi connectivity index (χ1) is 3.61. The monoisotopic (exact) mass is 311 g/mol. The smallest absolute Gasteiger partial charge is 0.662 e. The summed E-state index contributed by atoms with van der Waals surface area (Å²) in [5.74, 6) is 0.863. The molecule has 0 bridgehead atoms. The van der Waals surface area contributed by atoms with Gasteiger partial charge in [0.1, 0.15) is 0 Å². The van der Waals surface area contributed by atoms with Gasteiger partial charge < -0.3 is 12.7 Å². The zero-order valence-corrected chi connectivity index (χ0v) is 10.3. The molecule has 0 spiro atoms. The fourth-order valence-corrected chi connectivity index (χ4v) is 0.806. The minimum atomic E-state index is 0. The second-order valence-electron chi connectivity index (χ2n) is 3.65. The molecule has 10 heavy (non-hydrogen) atoms. The minimum Gasteiger partial charge on any atom is -0.662 e. The molecular formula is C8H17NW. The molecule has 0 saturated carbocycles. The number of hydrogen-bond donors (Lipinski definition) is 0. The van der Waals surface area contributed by atoms with Gasteiger partial charge in [-0.05, 0) is 5.41 Å². The van der Waals surface area contributed by atoms with Crippen molar-refractivity contribution in [3.05, 3.63) is 12.7 Å². The van der Waals surface area contributed by atoms with Crippen molar-refractivity contribution in [2.75, 3.05) is 13.1 Å². The summed E-state index contributed by atoms with van der Waals surface area (Å²) in [5, 5.41) is 4.16. The van der Waals surface area contributed by atoms with E-state index in [1.165, 1.54) is 0 Å². The van der Waals surface area contributed by atoms with Crippen molar-refractivity contribution in [2.24, 2.45) is 11.3 Å². The summed E-state index contributed by atoms with van der Waals surface area (Å²) < 4.78 is 0. The summed E-state index contributed by atoms with van der Waals surface area (Å²) in [5.41, 5.74) is 0.502. The van der Waals surface area contributed by atoms with Gasteiger partial charge in [-0.2, -0.15) is 0 Å². The van der Waals surface area contributed by atoms with E-state index in [0.29, 0.717) is 5.41 Å². The van der Waals surface area contributed by atoms with Crippen molar-refractivity contribution in [1.82, 2.24) is 0 Å². The molecule has 0 amide bonds. The molecular weight excluding hydrogens is 294 g/mol. The fourth-order valence-electron chi connectivity index (χ4n) is 0.806. The molecule has 0 atom stereocenters. The summed E-state index contributed by atoms with van der Waals surface area (Å²) in [6, 6.07) is 0. The minimum absolute atomic E-state index is 0. The normalized spacial score (nSPS) is 18.3. The predicted octanol–water partition coefficient (Wildman–Crippen LogP) is 2.48. The summed E-state index contributed by atoms with van der Waals surface area (Å²) in [6.45, 7) is 9.05. The molecule has 60 valence electrons. The molecule has 1 rings (SSSR count). The van der Waals surface area contributed by atoms with Crippen LogP contribution in [0.3, 0.4) is 0 Å². The molecule has 1 aliphatic heterocycles. The van der Waals surface area contributed by atoms with E-state index < -0.39 is 0 Å². The molecule has 0 aromatic heterocycles. The van der Waals surface area contributed by atoms with Crippen molar-refractivity contribution in [1.29, 1.82) is 0 Å². The molecule has 0 aromatic rings. The maximum absolute atomic E-state index is 4.16. The zero-order chi connectivity index (χ0) is 6.20. The molecule has 1 nitrogen and oxygen atoms in total. The molecule has 0 aliphatic carbocycles. The van der Waals surface area contributed by atoms with E-state index >= 15 is 0 Å². The van der Waals surface area contributed by atoms with E-state index in [0.717, 1.165) is 19.0 Å². The van der Waals surface area contributed by atoms with Gasteiger partial charge in [0.25, 0.3) is 0 Å². The van der Waals surface area contributed by atoms with E-state index in [2.05, 4.69) is 26.1 Å². The Labute approximate surface area is 79.2 Å². The Morgan fingerprint density at radius 1 is 1.20 bits per heavy atom. The van der Waals surface area contributed by atoms with Gasteiger partial charge in [0, 0.05) is 0 Å². The van der Waals surface area contributed by atoms with Crippen LogP contribution in [-0.2, 0) is 21.1 Å². The van der Waals surface area contributed by atoms with Crippen LogP contribution in [0.4, 0.5) is 0 Å². The molecule has 1 fully saturated rings. The van der Waals surface area contributed by atoms with Gasteiger partial charge in [0.2, 0.25) is 0 Å². The van der Waals surface area contributed by atoms with Gasteiger partial charge in [0.15, 0.2) is 0 Å². The maximum atomic E-state index is 4.16. The summed E-state index contributed by atoms with van der Waals surface area (Å²) in [6.07, 6.45) is 0. The van der Waals surface area contributed by atoms with Crippen LogP contribution in [0.5, 0.6) is 0 Å². The van der Waals surface area contributed by atoms with E-state index in [4.69, 9.17) is 0 Å². The van der Waals surface area contributed by atoms with Crippen molar-refractivity contribution in [2.45, 2.75) is 20.8 Å². The zero-order valence-electron chi connectivity index (χ0n) is 7.35. The second kappa shape index (κ2) is 4.51. The topological polar surface area (TPSA) is 14.1 Å². The first-order valence-electron chi connectivity index (χ1n) is 3.24. The van der Waals surface area contributed by atoms with Crippen LogP contribution in [0.1, 0.15) is 20.8 Å². The maximum Gasteiger partial charge on any atom is 2.00 e. The fraction of sp³-hybridized carbons (Fsp3) is 0.875. The third kappa shape index (κ3) is 3.16. The second-order valence-corrected chi connectivity index (χ2v) is 3.65. The molecule has 0 N–H and O–H groups in total. The Bertz CT molecular complexity index is 81.7. The molecule has 0 radical (unpaired) electrons. The Balaban J connectivity index is 0. The molecule has 1 saturated heterocycles. The Kier molecular flexibility index (Phi) is 5.98. The van der Waals surface area contributed by atoms with Crippen LogP contribution >= 0.6 is 0 Å². The summed E-state index contributed by atoms with van der Waals surface area (Å²) in [4.78, 5) is 0. The average Bonchev–Trinajstić information content (AvgIpc) is 1.16. The first-order valence-corrected chi connectivity index (χ1v) is 3.24. The Morgan fingerprint density at radius 3 is 1.60 bits per heavy atom. The number of nitrogens with zero attached hydrogens (tertiary/aromatic N) is 1. The van der Waals surface area contributed by atoms with Crippen molar-refractivity contribution >= 4 is 0 Å². The van der Waals surface area contributed by atoms with Gasteiger partial charge in [0.05, 0.1) is 0 Å². The van der Waals surface area contributed by atoms with Gasteiger partial charge in [-0.25, -0.2) is 0 Å². The summed E-state index contributed by atoms with van der Waals surface area (Å²) in [7, 11) is 0. The van der Waals surface area contributed by atoms with Crippen molar-refractivity contribution in [3.63, 3.8) is 0 Å². The van der Waals surface area contributed by atoms with Crippen LogP contribution in [0.2, 0.25) is 0 Å². The molecule has 1 aliphatic rings. The predicted molar refractivity (Wildman–Crippen MR) is 42.5 cm³/mol. The van der Waals surface area contributed by atoms with Crippen molar-refractivity contribution in [3.8, 4) is 0 Å². The third-order valence-electron chi connectivity index (χ3n) is 1.92. The Hall–Kier alpha value is 0.648. The standard InChI is InChI=1S/C7H14N.CH3.W/c1-7(2,3)6-4-8-5-6;;/h6H,4-5H2,1-3H3;1H3;/q2*-1;+2. The largest absolute Gasteiger partial charge is 2.00 e. The number of hydrogen-bond acceptors (Lipinski definition) is 0. The van der Waals surface area contributed by atoms with Gasteiger partial charge in [-0.15, -0.1) is 13.1 Å². The van der Waals surface area contributed by atoms with E-state index in [1.54, 1.807) is 0 Å². The molecule has 0 aromatic carbocycles. The van der Waals surface area contributed by atoms with Crippen molar-refractivity contribution < 1.29 is 21.1 Å². The van der Waals surface area contributed by atoms with E-state index in [-0.39, 0.29) is 28.5 Å². The van der Waals surface area contributed by atoms with Crippen LogP contribution in [0.25, 0.3) is 5.32 Å². The van der Waals surface area contributed by atoms with Gasteiger partial charge >= 0.3 is 21.1 Å². The third-order valence-corrected chi connectivity index (χ3v) is 1.92. The quantitative estimate of drug-likeness (QED) is 0.610. The average molecular weight is 311 g/mol. The Morgan fingerprint density at radius 2 is 1.60 bits per heavy atom. The SMILES string of the molecule is CC(C)(C)C1C[N-]C1.[CH3-].[W+2]. The molecule has 2 heteroatoms. The van der Waals surface area contributed by atoms with Crippen LogP contribution < -0.4 is 0 Å². The summed E-state index contributed by atoms with van der Waals surface area (Å²) >= 11 is 0. The van der Waals surface area contributed by atoms with Gasteiger partial charge in [-0.1, -0.05) is 26.7 Å². The molecule has 1 heterocycles. The first kappa shape index (κ1) is 13.3. The van der Waals surface area contributed by atoms with Crippen LogP contribution in [-0.4, -0.2) is 13.1 Å². The molecule has 0 unspecified atom stereocenters. The van der Waals surface area contributed by atoms with Gasteiger partial charge in [-0.3, -0.25) is 0 Å². The van der Waals surface area contributed by atoms with E-state index in [9.17, 15) is 0 Å². The van der Waals surface area contributed by atoms with E-state index in [1.807, 2.05) is 0 Å².